The van der Waals surface area contributed by atoms with Gasteiger partial charge in [0.15, 0.2) is 11.7 Å². The quantitative estimate of drug-likeness (QED) is 0.531. The minimum absolute atomic E-state index is 0.0130. The molecule has 9 heteroatoms. The van der Waals surface area contributed by atoms with Gasteiger partial charge in [-0.3, -0.25) is 0 Å². The molecule has 0 N–H and O–H groups in total. The van der Waals surface area contributed by atoms with Crippen molar-refractivity contribution < 1.29 is 27.0 Å². The second kappa shape index (κ2) is 8.84. The Balaban J connectivity index is 1.66. The molecule has 1 unspecified atom stereocenters. The molecule has 0 aliphatic carbocycles. The van der Waals surface area contributed by atoms with E-state index in [4.69, 9.17) is 18.6 Å². The maximum absolute atomic E-state index is 13.6. The van der Waals surface area contributed by atoms with Gasteiger partial charge < -0.3 is 18.6 Å². The lowest BCUT2D eigenvalue weighted by Gasteiger charge is -2.20. The van der Waals surface area contributed by atoms with Crippen molar-refractivity contribution in [1.82, 2.24) is 9.29 Å². The minimum Gasteiger partial charge on any atom is -0.497 e. The maximum Gasteiger partial charge on any atom is 0.246 e. The van der Waals surface area contributed by atoms with Crippen LogP contribution in [0, 0.1) is 6.92 Å². The first kappa shape index (κ1) is 22.2. The molecular formula is C23H26N2O6S. The Hall–Kier alpha value is -3.04. The number of nitrogens with zero attached hydrogens (tertiary/aromatic N) is 2. The first-order valence-corrected chi connectivity index (χ1v) is 11.6. The fourth-order valence-electron chi connectivity index (χ4n) is 4.02. The largest absolute Gasteiger partial charge is 0.497 e. The van der Waals surface area contributed by atoms with Crippen molar-refractivity contribution in [3.05, 3.63) is 54.0 Å². The van der Waals surface area contributed by atoms with E-state index in [9.17, 15) is 8.42 Å². The third-order valence-electron chi connectivity index (χ3n) is 5.71. The highest BCUT2D eigenvalue weighted by atomic mass is 32.2. The summed E-state index contributed by atoms with van der Waals surface area (Å²) in [5.41, 5.74) is 1.55. The molecule has 0 amide bonds. The van der Waals surface area contributed by atoms with Crippen molar-refractivity contribution in [2.75, 3.05) is 34.4 Å². The van der Waals surface area contributed by atoms with Gasteiger partial charge in [0.05, 0.1) is 27.5 Å². The Bertz CT molecular complexity index is 1220. The van der Waals surface area contributed by atoms with Crippen LogP contribution in [0.3, 0.4) is 0 Å². The first-order chi connectivity index (χ1) is 15.4. The zero-order chi connectivity index (χ0) is 22.9. The molecule has 1 atom stereocenters. The van der Waals surface area contributed by atoms with Crippen LogP contribution in [0.25, 0.3) is 11.3 Å². The number of aryl methyl sites for hydroxylation is 1. The van der Waals surface area contributed by atoms with Gasteiger partial charge in [-0.15, -0.1) is 0 Å². The summed E-state index contributed by atoms with van der Waals surface area (Å²) in [7, 11) is 0.863. The van der Waals surface area contributed by atoms with E-state index in [2.05, 4.69) is 4.98 Å². The Morgan fingerprint density at radius 1 is 1.03 bits per heavy atom. The second-order valence-electron chi connectivity index (χ2n) is 7.57. The Kier molecular flexibility index (Phi) is 6.12. The van der Waals surface area contributed by atoms with Crippen molar-refractivity contribution in [1.29, 1.82) is 0 Å². The molecule has 1 saturated heterocycles. The molecule has 1 aliphatic heterocycles. The van der Waals surface area contributed by atoms with Gasteiger partial charge in [-0.1, -0.05) is 0 Å². The van der Waals surface area contributed by atoms with Crippen molar-refractivity contribution in [2.45, 2.75) is 24.2 Å². The molecule has 3 aromatic rings. The highest BCUT2D eigenvalue weighted by molar-refractivity contribution is 7.89. The molecule has 0 saturated carbocycles. The zero-order valence-electron chi connectivity index (χ0n) is 18.5. The molecule has 1 aromatic heterocycles. The lowest BCUT2D eigenvalue weighted by Crippen LogP contribution is -2.29. The summed E-state index contributed by atoms with van der Waals surface area (Å²) in [6, 6.07) is 10.6. The predicted molar refractivity (Wildman–Crippen MR) is 119 cm³/mol. The second-order valence-corrected chi connectivity index (χ2v) is 9.47. The molecule has 4 rings (SSSR count). The predicted octanol–water partition coefficient (Wildman–Crippen LogP) is 3.85. The van der Waals surface area contributed by atoms with Crippen molar-refractivity contribution in [3.8, 4) is 28.6 Å². The van der Waals surface area contributed by atoms with E-state index in [1.54, 1.807) is 45.5 Å². The molecule has 0 spiro atoms. The van der Waals surface area contributed by atoms with Crippen LogP contribution < -0.4 is 14.2 Å². The van der Waals surface area contributed by atoms with Gasteiger partial charge >= 0.3 is 0 Å². The van der Waals surface area contributed by atoms with Crippen LogP contribution in [-0.2, 0) is 10.0 Å². The smallest absolute Gasteiger partial charge is 0.246 e. The van der Waals surface area contributed by atoms with Gasteiger partial charge in [-0.25, -0.2) is 13.4 Å². The van der Waals surface area contributed by atoms with Crippen LogP contribution in [0.4, 0.5) is 0 Å². The number of oxazole rings is 1. The van der Waals surface area contributed by atoms with E-state index in [0.717, 1.165) is 11.3 Å². The summed E-state index contributed by atoms with van der Waals surface area (Å²) in [4.78, 5) is 4.20. The average molecular weight is 459 g/mol. The lowest BCUT2D eigenvalue weighted by molar-refractivity contribution is 0.393. The summed E-state index contributed by atoms with van der Waals surface area (Å²) in [5.74, 6) is 2.71. The highest BCUT2D eigenvalue weighted by Gasteiger charge is 2.36. The van der Waals surface area contributed by atoms with E-state index in [0.29, 0.717) is 42.5 Å². The monoisotopic (exact) mass is 458 g/mol. The van der Waals surface area contributed by atoms with Crippen molar-refractivity contribution in [3.63, 3.8) is 0 Å². The molecule has 32 heavy (non-hydrogen) atoms. The molecule has 2 aromatic carbocycles. The number of sulfonamides is 1. The normalized spacial score (nSPS) is 16.8. The van der Waals surface area contributed by atoms with Crippen LogP contribution in [0.5, 0.6) is 17.2 Å². The molecule has 170 valence electrons. The van der Waals surface area contributed by atoms with Gasteiger partial charge in [-0.05, 0) is 42.8 Å². The number of rotatable bonds is 7. The molecule has 0 radical (unpaired) electrons. The Morgan fingerprint density at radius 2 is 1.78 bits per heavy atom. The van der Waals surface area contributed by atoms with Gasteiger partial charge in [0, 0.05) is 37.1 Å². The van der Waals surface area contributed by atoms with Gasteiger partial charge in [-0.2, -0.15) is 4.31 Å². The van der Waals surface area contributed by atoms with Crippen molar-refractivity contribution in [2.24, 2.45) is 0 Å². The van der Waals surface area contributed by atoms with E-state index in [1.807, 2.05) is 18.2 Å². The molecule has 8 nitrogen and oxygen atoms in total. The van der Waals surface area contributed by atoms with Crippen molar-refractivity contribution >= 4 is 10.0 Å². The minimum atomic E-state index is -3.81. The third-order valence-corrected chi connectivity index (χ3v) is 7.60. The first-order valence-electron chi connectivity index (χ1n) is 10.2. The lowest BCUT2D eigenvalue weighted by atomic mass is 9.97. The molecular weight excluding hydrogens is 432 g/mol. The average Bonchev–Trinajstić information content (AvgIpc) is 3.48. The summed E-state index contributed by atoms with van der Waals surface area (Å²) in [6.45, 7) is 2.46. The number of hydrogen-bond donors (Lipinski definition) is 0. The topological polar surface area (TPSA) is 91.1 Å². The Labute approximate surface area is 187 Å². The number of methoxy groups -OCH3 is 3. The van der Waals surface area contributed by atoms with Crippen LogP contribution in [0.15, 0.2) is 51.9 Å². The Morgan fingerprint density at radius 3 is 2.44 bits per heavy atom. The third kappa shape index (κ3) is 4.05. The van der Waals surface area contributed by atoms with E-state index < -0.39 is 10.0 Å². The summed E-state index contributed by atoms with van der Waals surface area (Å²) < 4.78 is 50.5. The van der Waals surface area contributed by atoms with Crippen LogP contribution in [0.2, 0.25) is 0 Å². The molecule has 1 aliphatic rings. The summed E-state index contributed by atoms with van der Waals surface area (Å²) in [6.07, 6.45) is 2.25. The van der Waals surface area contributed by atoms with E-state index in [-0.39, 0.29) is 16.6 Å². The summed E-state index contributed by atoms with van der Waals surface area (Å²) >= 11 is 0. The van der Waals surface area contributed by atoms with E-state index in [1.165, 1.54) is 11.4 Å². The van der Waals surface area contributed by atoms with Crippen LogP contribution in [0.1, 0.15) is 23.8 Å². The van der Waals surface area contributed by atoms with Gasteiger partial charge in [0.1, 0.15) is 22.1 Å². The molecule has 2 heterocycles. The number of ether oxygens (including phenoxy) is 3. The number of hydrogen-bond acceptors (Lipinski definition) is 7. The molecule has 0 bridgehead atoms. The van der Waals surface area contributed by atoms with Crippen LogP contribution in [-0.4, -0.2) is 52.1 Å². The fraction of sp³-hybridized carbons (Fsp3) is 0.348. The fourth-order valence-corrected chi connectivity index (χ4v) is 5.71. The molecule has 1 fully saturated rings. The summed E-state index contributed by atoms with van der Waals surface area (Å²) in [5, 5.41) is 0. The van der Waals surface area contributed by atoms with E-state index >= 15 is 0 Å². The van der Waals surface area contributed by atoms with Crippen LogP contribution >= 0.6 is 0 Å². The highest BCUT2D eigenvalue weighted by Crippen LogP contribution is 2.39. The maximum atomic E-state index is 13.6. The SMILES string of the molecule is COc1ccc(OC)c(C2CCN(S(=O)(=O)c3cc(-c4cnc(C)o4)ccc3OC)C2)c1. The van der Waals surface area contributed by atoms with Gasteiger partial charge in [0.2, 0.25) is 10.0 Å². The van der Waals surface area contributed by atoms with Gasteiger partial charge in [0.25, 0.3) is 0 Å². The number of benzene rings is 2. The number of aromatic nitrogens is 1. The standard InChI is InChI=1S/C23H26N2O6S/c1-15-24-13-22(31-15)16-5-7-21(30-4)23(11-16)32(26,27)25-10-9-17(14-25)19-12-18(28-2)6-8-20(19)29-3/h5-8,11-13,17H,9-10,14H2,1-4H3. The zero-order valence-corrected chi connectivity index (χ0v) is 19.3.